The molecule has 1 aliphatic heterocycles. The summed E-state index contributed by atoms with van der Waals surface area (Å²) in [5, 5.41) is 14.8. The Morgan fingerprint density at radius 1 is 0.719 bits per heavy atom. The maximum atomic E-state index is 9.10. The van der Waals surface area contributed by atoms with Crippen LogP contribution in [0.4, 0.5) is 0 Å². The fourth-order valence-electron chi connectivity index (χ4n) is 3.35. The predicted octanol–water partition coefficient (Wildman–Crippen LogP) is 2.19. The summed E-state index contributed by atoms with van der Waals surface area (Å²) in [5.41, 5.74) is 2.53. The van der Waals surface area contributed by atoms with Crippen LogP contribution in [0.5, 0.6) is 17.2 Å². The fourth-order valence-corrected chi connectivity index (χ4v) is 3.35. The minimum absolute atomic E-state index is 0.844. The van der Waals surface area contributed by atoms with Crippen LogP contribution in [0.25, 0.3) is 0 Å². The van der Waals surface area contributed by atoms with Gasteiger partial charge in [0, 0.05) is 45.3 Å². The van der Waals surface area contributed by atoms with E-state index in [1.165, 1.54) is 11.1 Å². The highest BCUT2D eigenvalue weighted by atomic mass is 16.5. The summed E-state index contributed by atoms with van der Waals surface area (Å²) < 4.78 is 16.1. The number of hydrogen-bond donors (Lipinski definition) is 2. The highest BCUT2D eigenvalue weighted by Gasteiger charge is 2.18. The van der Waals surface area contributed by atoms with Gasteiger partial charge in [-0.2, -0.15) is 0 Å². The van der Waals surface area contributed by atoms with E-state index in [-0.39, 0.29) is 0 Å². The smallest absolute Gasteiger partial charge is 0.414 e. The second-order valence-corrected chi connectivity index (χ2v) is 7.24. The van der Waals surface area contributed by atoms with Crippen LogP contribution < -0.4 is 14.2 Å². The minimum Gasteiger partial charge on any atom is -0.497 e. The van der Waals surface area contributed by atoms with Crippen molar-refractivity contribution >= 4 is 11.9 Å². The van der Waals surface area contributed by atoms with Gasteiger partial charge < -0.3 is 24.4 Å². The van der Waals surface area contributed by atoms with Crippen molar-refractivity contribution in [3.8, 4) is 17.2 Å². The van der Waals surface area contributed by atoms with Crippen LogP contribution in [0.15, 0.2) is 42.5 Å². The fraction of sp³-hybridized carbons (Fsp3) is 0.391. The van der Waals surface area contributed by atoms with Crippen LogP contribution in [0.2, 0.25) is 0 Å². The predicted molar refractivity (Wildman–Crippen MR) is 118 cm³/mol. The van der Waals surface area contributed by atoms with E-state index in [2.05, 4.69) is 40.1 Å². The quantitative estimate of drug-likeness (QED) is 0.619. The minimum atomic E-state index is -1.82. The topological polar surface area (TPSA) is 109 Å². The van der Waals surface area contributed by atoms with Crippen molar-refractivity contribution in [3.05, 3.63) is 53.6 Å². The lowest BCUT2D eigenvalue weighted by Crippen LogP contribution is -2.45. The SMILES string of the molecule is COc1cccc(CN2CCN(Cc3cc(OC)cc(OC)c3)CC2)c1.O=C(O)C(=O)O. The van der Waals surface area contributed by atoms with Crippen LogP contribution in [0.3, 0.4) is 0 Å². The number of methoxy groups -OCH3 is 3. The number of carboxylic acids is 2. The van der Waals surface area contributed by atoms with Gasteiger partial charge in [0.2, 0.25) is 0 Å². The molecule has 2 aromatic rings. The van der Waals surface area contributed by atoms with Crippen molar-refractivity contribution < 1.29 is 34.0 Å². The zero-order valence-electron chi connectivity index (χ0n) is 18.6. The molecule has 1 fully saturated rings. The van der Waals surface area contributed by atoms with Gasteiger partial charge >= 0.3 is 11.9 Å². The van der Waals surface area contributed by atoms with E-state index >= 15 is 0 Å². The summed E-state index contributed by atoms with van der Waals surface area (Å²) in [6, 6.07) is 14.4. The first-order chi connectivity index (χ1) is 15.3. The molecule has 0 amide bonds. The number of aliphatic carboxylic acids is 2. The van der Waals surface area contributed by atoms with Gasteiger partial charge in [0.25, 0.3) is 0 Å². The molecule has 0 saturated carbocycles. The Balaban J connectivity index is 0.000000534. The lowest BCUT2D eigenvalue weighted by molar-refractivity contribution is -0.159. The van der Waals surface area contributed by atoms with Gasteiger partial charge in [0.05, 0.1) is 21.3 Å². The van der Waals surface area contributed by atoms with E-state index in [0.717, 1.165) is 56.5 Å². The summed E-state index contributed by atoms with van der Waals surface area (Å²) in [6.45, 7) is 6.14. The average molecular weight is 447 g/mol. The van der Waals surface area contributed by atoms with Crippen LogP contribution in [0.1, 0.15) is 11.1 Å². The standard InChI is InChI=1S/C21H28N2O3.C2H2O4/c1-24-19-6-4-5-17(11-19)15-22-7-9-23(10-8-22)16-18-12-20(25-2)14-21(13-18)26-3;3-1(4)2(5)6/h4-6,11-14H,7-10,15-16H2,1-3H3;(H,3,4)(H,5,6). The summed E-state index contributed by atoms with van der Waals surface area (Å²) in [6.07, 6.45) is 0. The van der Waals surface area contributed by atoms with E-state index in [9.17, 15) is 0 Å². The maximum absolute atomic E-state index is 9.10. The summed E-state index contributed by atoms with van der Waals surface area (Å²) in [4.78, 5) is 23.2. The van der Waals surface area contributed by atoms with Gasteiger partial charge in [0.15, 0.2) is 0 Å². The maximum Gasteiger partial charge on any atom is 0.414 e. The summed E-state index contributed by atoms with van der Waals surface area (Å²) in [7, 11) is 5.09. The van der Waals surface area contributed by atoms with E-state index in [1.54, 1.807) is 21.3 Å². The van der Waals surface area contributed by atoms with Crippen molar-refractivity contribution in [3.63, 3.8) is 0 Å². The number of carboxylic acid groups (broad SMARTS) is 2. The Labute approximate surface area is 187 Å². The molecule has 9 nitrogen and oxygen atoms in total. The number of benzene rings is 2. The van der Waals surface area contributed by atoms with Gasteiger partial charge in [-0.05, 0) is 35.4 Å². The molecule has 1 saturated heterocycles. The Morgan fingerprint density at radius 3 is 1.59 bits per heavy atom. The molecular weight excluding hydrogens is 416 g/mol. The lowest BCUT2D eigenvalue weighted by atomic mass is 10.1. The zero-order chi connectivity index (χ0) is 23.5. The Hall–Kier alpha value is -3.30. The number of nitrogens with zero attached hydrogens (tertiary/aromatic N) is 2. The third-order valence-corrected chi connectivity index (χ3v) is 5.01. The van der Waals surface area contributed by atoms with Crippen molar-refractivity contribution in [2.75, 3.05) is 47.5 Å². The van der Waals surface area contributed by atoms with Crippen LogP contribution in [-0.2, 0) is 22.7 Å². The molecule has 32 heavy (non-hydrogen) atoms. The molecule has 2 aromatic carbocycles. The highest BCUT2D eigenvalue weighted by molar-refractivity contribution is 6.27. The molecule has 0 bridgehead atoms. The zero-order valence-corrected chi connectivity index (χ0v) is 18.6. The van der Waals surface area contributed by atoms with Crippen LogP contribution >= 0.6 is 0 Å². The first kappa shape index (κ1) is 25.0. The van der Waals surface area contributed by atoms with Crippen LogP contribution in [0, 0.1) is 0 Å². The van der Waals surface area contributed by atoms with Crippen molar-refractivity contribution in [1.82, 2.24) is 9.80 Å². The molecule has 1 aliphatic rings. The van der Waals surface area contributed by atoms with Gasteiger partial charge in [-0.3, -0.25) is 9.80 Å². The molecule has 2 N–H and O–H groups in total. The number of hydrogen-bond acceptors (Lipinski definition) is 7. The van der Waals surface area contributed by atoms with E-state index < -0.39 is 11.9 Å². The number of rotatable bonds is 7. The number of carbonyl (C=O) groups is 2. The van der Waals surface area contributed by atoms with E-state index in [4.69, 9.17) is 34.0 Å². The Bertz CT molecular complexity index is 861. The summed E-state index contributed by atoms with van der Waals surface area (Å²) >= 11 is 0. The number of piperazine rings is 1. The van der Waals surface area contributed by atoms with Crippen molar-refractivity contribution in [2.24, 2.45) is 0 Å². The van der Waals surface area contributed by atoms with E-state index in [0.29, 0.717) is 0 Å². The Morgan fingerprint density at radius 2 is 1.16 bits per heavy atom. The van der Waals surface area contributed by atoms with E-state index in [1.807, 2.05) is 12.1 Å². The third kappa shape index (κ3) is 8.09. The molecule has 174 valence electrons. The summed E-state index contributed by atoms with van der Waals surface area (Å²) in [5.74, 6) is -1.04. The Kier molecular flexibility index (Phi) is 9.77. The molecule has 0 radical (unpaired) electrons. The first-order valence-electron chi connectivity index (χ1n) is 10.1. The molecule has 9 heteroatoms. The monoisotopic (exact) mass is 446 g/mol. The molecule has 0 atom stereocenters. The second kappa shape index (κ2) is 12.5. The average Bonchev–Trinajstić information content (AvgIpc) is 2.80. The van der Waals surface area contributed by atoms with Gasteiger partial charge in [-0.25, -0.2) is 9.59 Å². The normalized spacial score (nSPS) is 14.1. The third-order valence-electron chi connectivity index (χ3n) is 5.01. The second-order valence-electron chi connectivity index (χ2n) is 7.24. The molecule has 0 unspecified atom stereocenters. The largest absolute Gasteiger partial charge is 0.497 e. The molecule has 1 heterocycles. The first-order valence-corrected chi connectivity index (χ1v) is 10.1. The highest BCUT2D eigenvalue weighted by Crippen LogP contribution is 2.24. The molecule has 3 rings (SSSR count). The molecule has 0 aliphatic carbocycles. The molecular formula is C23H30N2O7. The van der Waals surface area contributed by atoms with Gasteiger partial charge in [0.1, 0.15) is 17.2 Å². The molecule has 0 aromatic heterocycles. The van der Waals surface area contributed by atoms with Gasteiger partial charge in [-0.1, -0.05) is 12.1 Å². The van der Waals surface area contributed by atoms with Crippen molar-refractivity contribution in [1.29, 1.82) is 0 Å². The van der Waals surface area contributed by atoms with Crippen molar-refractivity contribution in [2.45, 2.75) is 13.1 Å². The van der Waals surface area contributed by atoms with Crippen LogP contribution in [-0.4, -0.2) is 79.5 Å². The number of ether oxygens (including phenoxy) is 3. The molecule has 0 spiro atoms. The lowest BCUT2D eigenvalue weighted by Gasteiger charge is -2.34. The van der Waals surface area contributed by atoms with Gasteiger partial charge in [-0.15, -0.1) is 0 Å².